The Morgan fingerprint density at radius 1 is 1.25 bits per heavy atom. The lowest BCUT2D eigenvalue weighted by molar-refractivity contribution is 0.0600. The molecule has 6 nitrogen and oxygen atoms in total. The Morgan fingerprint density at radius 2 is 1.96 bits per heavy atom. The fourth-order valence-corrected chi connectivity index (χ4v) is 4.69. The summed E-state index contributed by atoms with van der Waals surface area (Å²) in [5, 5.41) is 0.124. The fourth-order valence-electron chi connectivity index (χ4n) is 3.26. The smallest absolute Gasteiger partial charge is 0.339 e. The molecule has 0 aliphatic carbocycles. The molecule has 0 spiro atoms. The van der Waals surface area contributed by atoms with Crippen molar-refractivity contribution < 1.29 is 22.7 Å². The zero-order valence-corrected chi connectivity index (χ0v) is 17.6. The van der Waals surface area contributed by atoms with Crippen LogP contribution in [0.25, 0.3) is 0 Å². The number of rotatable bonds is 4. The van der Waals surface area contributed by atoms with Crippen LogP contribution in [-0.4, -0.2) is 27.1 Å². The molecule has 0 saturated carbocycles. The summed E-state index contributed by atoms with van der Waals surface area (Å²) in [4.78, 5) is 11.8. The third-order valence-electron chi connectivity index (χ3n) is 4.58. The second-order valence-electron chi connectivity index (χ2n) is 7.41. The van der Waals surface area contributed by atoms with Gasteiger partial charge in [0.05, 0.1) is 28.6 Å². The molecule has 0 aromatic heterocycles. The first-order chi connectivity index (χ1) is 13.0. The second kappa shape index (κ2) is 7.39. The summed E-state index contributed by atoms with van der Waals surface area (Å²) in [6, 6.07) is 9.16. The average Bonchev–Trinajstić information content (AvgIpc) is 2.59. The van der Waals surface area contributed by atoms with E-state index in [4.69, 9.17) is 16.3 Å². The highest BCUT2D eigenvalue weighted by Crippen LogP contribution is 2.40. The molecular weight excluding hydrogens is 402 g/mol. The highest BCUT2D eigenvalue weighted by Gasteiger charge is 2.36. The first kappa shape index (κ1) is 20.6. The van der Waals surface area contributed by atoms with Crippen LogP contribution in [0.1, 0.15) is 47.8 Å². The predicted octanol–water partition coefficient (Wildman–Crippen LogP) is 4.02. The summed E-state index contributed by atoms with van der Waals surface area (Å²) >= 11 is 6.00. The molecule has 0 amide bonds. The van der Waals surface area contributed by atoms with Gasteiger partial charge in [0.25, 0.3) is 0 Å². The number of methoxy groups -OCH3 is 1. The molecule has 3 rings (SSSR count). The summed E-state index contributed by atoms with van der Waals surface area (Å²) in [6.07, 6.45) is 0.458. The number of aryl methyl sites for hydroxylation is 1. The lowest BCUT2D eigenvalue weighted by Crippen LogP contribution is -2.41. The van der Waals surface area contributed by atoms with Gasteiger partial charge in [-0.1, -0.05) is 23.7 Å². The highest BCUT2D eigenvalue weighted by atomic mass is 35.5. The lowest BCUT2D eigenvalue weighted by atomic mass is 9.90. The minimum absolute atomic E-state index is 0.00428. The van der Waals surface area contributed by atoms with Gasteiger partial charge in [-0.05, 0) is 50.6 Å². The Bertz CT molecular complexity index is 1030. The van der Waals surface area contributed by atoms with Crippen LogP contribution in [0.5, 0.6) is 5.75 Å². The number of halogens is 1. The number of esters is 1. The standard InChI is InChI=1S/C20H22ClNO5S/c1-12-5-7-14-17(11-20(2,3)27-18(14)9-12)22-28(24,25)13-6-8-16(21)15(10-13)19(23)26-4/h5-10,17,22H,11H2,1-4H3/t17-/m0/s1. The van der Waals surface area contributed by atoms with Gasteiger partial charge in [0.1, 0.15) is 11.4 Å². The van der Waals surface area contributed by atoms with E-state index < -0.39 is 27.6 Å². The molecule has 28 heavy (non-hydrogen) atoms. The van der Waals surface area contributed by atoms with Crippen LogP contribution in [0.15, 0.2) is 41.3 Å². The zero-order chi connectivity index (χ0) is 20.7. The van der Waals surface area contributed by atoms with Gasteiger partial charge in [-0.2, -0.15) is 0 Å². The average molecular weight is 424 g/mol. The van der Waals surface area contributed by atoms with Crippen LogP contribution in [0, 0.1) is 6.92 Å². The fraction of sp³-hybridized carbons (Fsp3) is 0.350. The summed E-state index contributed by atoms with van der Waals surface area (Å²) in [5.41, 5.74) is 1.26. The number of fused-ring (bicyclic) bond motifs is 1. The minimum Gasteiger partial charge on any atom is -0.487 e. The topological polar surface area (TPSA) is 81.7 Å². The lowest BCUT2D eigenvalue weighted by Gasteiger charge is -2.38. The number of carbonyl (C=O) groups is 1. The number of carbonyl (C=O) groups excluding carboxylic acids is 1. The normalized spacial score (nSPS) is 18.1. The maximum Gasteiger partial charge on any atom is 0.339 e. The van der Waals surface area contributed by atoms with E-state index in [0.29, 0.717) is 12.2 Å². The molecule has 8 heteroatoms. The number of nitrogens with one attached hydrogen (secondary N) is 1. The van der Waals surface area contributed by atoms with Crippen molar-refractivity contribution in [2.45, 2.75) is 43.7 Å². The van der Waals surface area contributed by atoms with Crippen LogP contribution >= 0.6 is 11.6 Å². The molecule has 2 aromatic carbocycles. The van der Waals surface area contributed by atoms with Crippen molar-refractivity contribution in [3.8, 4) is 5.75 Å². The van der Waals surface area contributed by atoms with E-state index in [9.17, 15) is 13.2 Å². The van der Waals surface area contributed by atoms with E-state index in [1.54, 1.807) is 0 Å². The van der Waals surface area contributed by atoms with E-state index in [0.717, 1.165) is 11.1 Å². The van der Waals surface area contributed by atoms with Gasteiger partial charge in [-0.3, -0.25) is 0 Å². The molecule has 1 atom stereocenters. The molecule has 0 unspecified atom stereocenters. The van der Waals surface area contributed by atoms with Crippen molar-refractivity contribution >= 4 is 27.6 Å². The van der Waals surface area contributed by atoms with Gasteiger partial charge in [0.2, 0.25) is 10.0 Å². The Kier molecular flexibility index (Phi) is 5.44. The van der Waals surface area contributed by atoms with Crippen LogP contribution < -0.4 is 9.46 Å². The molecule has 0 saturated heterocycles. The van der Waals surface area contributed by atoms with E-state index >= 15 is 0 Å². The Hall–Kier alpha value is -2.09. The van der Waals surface area contributed by atoms with Gasteiger partial charge >= 0.3 is 5.97 Å². The molecular formula is C20H22ClNO5S. The molecule has 1 N–H and O–H groups in total. The van der Waals surface area contributed by atoms with Crippen LogP contribution in [0.3, 0.4) is 0 Å². The van der Waals surface area contributed by atoms with Crippen molar-refractivity contribution in [1.82, 2.24) is 4.72 Å². The Morgan fingerprint density at radius 3 is 2.64 bits per heavy atom. The van der Waals surface area contributed by atoms with Gasteiger partial charge in [0.15, 0.2) is 0 Å². The summed E-state index contributed by atoms with van der Waals surface area (Å²) in [7, 11) is -2.71. The highest BCUT2D eigenvalue weighted by molar-refractivity contribution is 7.89. The quantitative estimate of drug-likeness (QED) is 0.751. The minimum atomic E-state index is -3.92. The van der Waals surface area contributed by atoms with Crippen LogP contribution in [0.4, 0.5) is 0 Å². The largest absolute Gasteiger partial charge is 0.487 e. The van der Waals surface area contributed by atoms with Gasteiger partial charge < -0.3 is 9.47 Å². The van der Waals surface area contributed by atoms with Crippen molar-refractivity contribution in [3.05, 3.63) is 58.1 Å². The maximum atomic E-state index is 13.0. The summed E-state index contributed by atoms with van der Waals surface area (Å²) < 4.78 is 39.5. The zero-order valence-electron chi connectivity index (χ0n) is 16.1. The van der Waals surface area contributed by atoms with Crippen LogP contribution in [-0.2, 0) is 14.8 Å². The molecule has 0 fully saturated rings. The predicted molar refractivity (Wildman–Crippen MR) is 106 cm³/mol. The number of ether oxygens (including phenoxy) is 2. The molecule has 150 valence electrons. The van der Waals surface area contributed by atoms with E-state index in [1.165, 1.54) is 25.3 Å². The third-order valence-corrected chi connectivity index (χ3v) is 6.38. The molecule has 1 heterocycles. The number of sulfonamides is 1. The van der Waals surface area contributed by atoms with Crippen molar-refractivity contribution in [2.75, 3.05) is 7.11 Å². The van der Waals surface area contributed by atoms with Gasteiger partial charge in [-0.25, -0.2) is 17.9 Å². The van der Waals surface area contributed by atoms with Crippen molar-refractivity contribution in [2.24, 2.45) is 0 Å². The number of hydrogen-bond donors (Lipinski definition) is 1. The first-order valence-electron chi connectivity index (χ1n) is 8.72. The Labute approximate surface area is 169 Å². The number of hydrogen-bond acceptors (Lipinski definition) is 5. The van der Waals surface area contributed by atoms with Crippen molar-refractivity contribution in [1.29, 1.82) is 0 Å². The summed E-state index contributed by atoms with van der Waals surface area (Å²) in [6.45, 7) is 5.78. The van der Waals surface area contributed by atoms with E-state index in [-0.39, 0.29) is 15.5 Å². The molecule has 2 aromatic rings. The molecule has 1 aliphatic rings. The van der Waals surface area contributed by atoms with Gasteiger partial charge in [-0.15, -0.1) is 0 Å². The van der Waals surface area contributed by atoms with Crippen molar-refractivity contribution in [3.63, 3.8) is 0 Å². The SMILES string of the molecule is COC(=O)c1cc(S(=O)(=O)N[C@H]2CC(C)(C)Oc3cc(C)ccc32)ccc1Cl. The Balaban J connectivity index is 1.98. The summed E-state index contributed by atoms with van der Waals surface area (Å²) in [5.74, 6) is -0.0367. The monoisotopic (exact) mass is 423 g/mol. The third kappa shape index (κ3) is 4.16. The number of benzene rings is 2. The maximum absolute atomic E-state index is 13.0. The van der Waals surface area contributed by atoms with Crippen LogP contribution in [0.2, 0.25) is 5.02 Å². The van der Waals surface area contributed by atoms with E-state index in [2.05, 4.69) is 9.46 Å². The molecule has 1 aliphatic heterocycles. The first-order valence-corrected chi connectivity index (χ1v) is 10.6. The molecule has 0 radical (unpaired) electrons. The van der Waals surface area contributed by atoms with Gasteiger partial charge in [0, 0.05) is 12.0 Å². The van der Waals surface area contributed by atoms with E-state index in [1.807, 2.05) is 39.0 Å². The molecule has 0 bridgehead atoms. The second-order valence-corrected chi connectivity index (χ2v) is 9.54.